The van der Waals surface area contributed by atoms with Crippen LogP contribution in [0.1, 0.15) is 18.2 Å². The number of rotatable bonds is 3. The Balaban J connectivity index is 2.41. The zero-order valence-corrected chi connectivity index (χ0v) is 9.49. The Kier molecular flexibility index (Phi) is 2.79. The van der Waals surface area contributed by atoms with Crippen LogP contribution >= 0.6 is 22.7 Å². The highest BCUT2D eigenvalue weighted by molar-refractivity contribution is 7.17. The van der Waals surface area contributed by atoms with Gasteiger partial charge in [-0.2, -0.15) is 0 Å². The van der Waals surface area contributed by atoms with Crippen molar-refractivity contribution in [2.24, 2.45) is 0 Å². The first kappa shape index (κ1) is 9.61. The fourth-order valence-electron chi connectivity index (χ4n) is 1.29. The molecular weight excluding hydrogens is 214 g/mol. The first-order valence-electron chi connectivity index (χ1n) is 4.45. The summed E-state index contributed by atoms with van der Waals surface area (Å²) in [6.07, 6.45) is 4.01. The lowest BCUT2D eigenvalue weighted by molar-refractivity contribution is 0.938. The van der Waals surface area contributed by atoms with Gasteiger partial charge in [-0.1, -0.05) is 13.3 Å². The molecule has 0 fully saturated rings. The minimum Gasteiger partial charge on any atom is -0.375 e. The lowest BCUT2D eigenvalue weighted by atomic mass is 10.2. The Bertz CT molecular complexity index is 406. The van der Waals surface area contributed by atoms with Gasteiger partial charge in [0.2, 0.25) is 0 Å². The summed E-state index contributed by atoms with van der Waals surface area (Å²) in [4.78, 5) is 10.8. The van der Waals surface area contributed by atoms with E-state index < -0.39 is 0 Å². The fraction of sp³-hybridized carbons (Fsp3) is 0.333. The van der Waals surface area contributed by atoms with Crippen molar-refractivity contribution in [1.29, 1.82) is 0 Å². The summed E-state index contributed by atoms with van der Waals surface area (Å²) in [7, 11) is 0. The molecule has 2 heterocycles. The van der Waals surface area contributed by atoms with Crippen LogP contribution in [0.25, 0.3) is 10.6 Å². The number of anilines is 1. The zero-order chi connectivity index (χ0) is 9.97. The van der Waals surface area contributed by atoms with Crippen LogP contribution < -0.4 is 5.73 Å². The van der Waals surface area contributed by atoms with E-state index in [1.165, 1.54) is 4.88 Å². The van der Waals surface area contributed by atoms with Crippen LogP contribution in [0.5, 0.6) is 0 Å². The third-order valence-corrected chi connectivity index (χ3v) is 3.58. The van der Waals surface area contributed by atoms with Gasteiger partial charge in [-0.15, -0.1) is 22.7 Å². The smallest absolute Gasteiger partial charge is 0.180 e. The number of aryl methyl sites for hydroxylation is 1. The molecule has 0 radical (unpaired) electrons. The molecule has 0 bridgehead atoms. The molecule has 5 heteroatoms. The molecule has 3 nitrogen and oxygen atoms in total. The monoisotopic (exact) mass is 225 g/mol. The molecule has 0 aromatic carbocycles. The maximum atomic E-state index is 5.71. The topological polar surface area (TPSA) is 51.8 Å². The van der Waals surface area contributed by atoms with Gasteiger partial charge in [-0.25, -0.2) is 4.98 Å². The van der Waals surface area contributed by atoms with Crippen LogP contribution in [0.15, 0.2) is 11.7 Å². The number of nitrogens with two attached hydrogens (primary N) is 1. The molecule has 2 aromatic rings. The van der Waals surface area contributed by atoms with E-state index in [4.69, 9.17) is 5.73 Å². The Morgan fingerprint density at radius 3 is 3.00 bits per heavy atom. The van der Waals surface area contributed by atoms with E-state index in [-0.39, 0.29) is 0 Å². The van der Waals surface area contributed by atoms with E-state index in [1.54, 1.807) is 22.7 Å². The summed E-state index contributed by atoms with van der Waals surface area (Å²) < 4.78 is 0. The van der Waals surface area contributed by atoms with Crippen LogP contribution in [0.2, 0.25) is 0 Å². The minimum atomic E-state index is 0.650. The van der Waals surface area contributed by atoms with Gasteiger partial charge >= 0.3 is 0 Å². The standard InChI is InChI=1S/C9H11N3S2/c1-2-3-6-8(12-9(10)14-6)7-4-11-5-13-7/h4-5H,2-3H2,1H3,(H2,10,12). The lowest BCUT2D eigenvalue weighted by Crippen LogP contribution is -1.83. The molecule has 0 atom stereocenters. The van der Waals surface area contributed by atoms with Crippen LogP contribution in [0.3, 0.4) is 0 Å². The molecule has 0 aliphatic carbocycles. The van der Waals surface area contributed by atoms with E-state index in [1.807, 2.05) is 11.7 Å². The zero-order valence-electron chi connectivity index (χ0n) is 7.86. The normalized spacial score (nSPS) is 10.6. The number of nitrogen functional groups attached to an aromatic ring is 1. The highest BCUT2D eigenvalue weighted by atomic mass is 32.1. The quantitative estimate of drug-likeness (QED) is 0.874. The van der Waals surface area contributed by atoms with Gasteiger partial charge < -0.3 is 5.73 Å². The third-order valence-electron chi connectivity index (χ3n) is 1.86. The number of hydrogen-bond donors (Lipinski definition) is 1. The molecular formula is C9H11N3S2. The molecule has 0 saturated carbocycles. The number of nitrogens with zero attached hydrogens (tertiary/aromatic N) is 2. The van der Waals surface area contributed by atoms with Gasteiger partial charge in [0.15, 0.2) is 5.13 Å². The number of hydrogen-bond acceptors (Lipinski definition) is 5. The number of thiazole rings is 2. The Hall–Kier alpha value is -0.940. The largest absolute Gasteiger partial charge is 0.375 e. The Morgan fingerprint density at radius 2 is 2.36 bits per heavy atom. The molecule has 0 spiro atoms. The third kappa shape index (κ3) is 1.78. The second kappa shape index (κ2) is 4.06. The van der Waals surface area contributed by atoms with Crippen molar-refractivity contribution in [2.75, 3.05) is 5.73 Å². The lowest BCUT2D eigenvalue weighted by Gasteiger charge is -1.95. The molecule has 0 aliphatic rings. The minimum absolute atomic E-state index is 0.650. The summed E-state index contributed by atoms with van der Waals surface area (Å²) >= 11 is 3.19. The van der Waals surface area contributed by atoms with Gasteiger partial charge in [-0.3, -0.25) is 4.98 Å². The average molecular weight is 225 g/mol. The summed E-state index contributed by atoms with van der Waals surface area (Å²) in [6.45, 7) is 2.16. The maximum absolute atomic E-state index is 5.71. The van der Waals surface area contributed by atoms with Crippen LogP contribution in [-0.4, -0.2) is 9.97 Å². The highest BCUT2D eigenvalue weighted by Crippen LogP contribution is 2.32. The van der Waals surface area contributed by atoms with Crippen LogP contribution in [0.4, 0.5) is 5.13 Å². The predicted molar refractivity (Wildman–Crippen MR) is 61.6 cm³/mol. The SMILES string of the molecule is CCCc1sc(N)nc1-c1cncs1. The Morgan fingerprint density at radius 1 is 1.50 bits per heavy atom. The molecule has 0 unspecified atom stereocenters. The molecule has 2 N–H and O–H groups in total. The molecule has 74 valence electrons. The predicted octanol–water partition coefficient (Wildman–Crippen LogP) is 2.80. The number of aromatic nitrogens is 2. The van der Waals surface area contributed by atoms with E-state index >= 15 is 0 Å². The summed E-state index contributed by atoms with van der Waals surface area (Å²) in [6, 6.07) is 0. The van der Waals surface area contributed by atoms with Crippen molar-refractivity contribution in [3.05, 3.63) is 16.6 Å². The van der Waals surface area contributed by atoms with Crippen molar-refractivity contribution in [1.82, 2.24) is 9.97 Å². The Labute approximate surface area is 90.6 Å². The van der Waals surface area contributed by atoms with Crippen molar-refractivity contribution in [2.45, 2.75) is 19.8 Å². The van der Waals surface area contributed by atoms with Gasteiger partial charge in [0.05, 0.1) is 16.1 Å². The van der Waals surface area contributed by atoms with Gasteiger partial charge in [-0.05, 0) is 6.42 Å². The molecule has 0 amide bonds. The van der Waals surface area contributed by atoms with E-state index in [9.17, 15) is 0 Å². The van der Waals surface area contributed by atoms with Crippen molar-refractivity contribution >= 4 is 27.8 Å². The average Bonchev–Trinajstić information content (AvgIpc) is 2.74. The first-order valence-corrected chi connectivity index (χ1v) is 6.15. The second-order valence-electron chi connectivity index (χ2n) is 2.94. The van der Waals surface area contributed by atoms with Crippen LogP contribution in [0, 0.1) is 0 Å². The van der Waals surface area contributed by atoms with Gasteiger partial charge in [0.25, 0.3) is 0 Å². The molecule has 0 aliphatic heterocycles. The van der Waals surface area contributed by atoms with Crippen molar-refractivity contribution in [3.63, 3.8) is 0 Å². The van der Waals surface area contributed by atoms with Crippen molar-refractivity contribution < 1.29 is 0 Å². The summed E-state index contributed by atoms with van der Waals surface area (Å²) in [5.74, 6) is 0. The molecule has 2 rings (SSSR count). The van der Waals surface area contributed by atoms with E-state index in [0.717, 1.165) is 23.4 Å². The molecule has 14 heavy (non-hydrogen) atoms. The summed E-state index contributed by atoms with van der Waals surface area (Å²) in [5.41, 5.74) is 8.55. The van der Waals surface area contributed by atoms with Crippen LogP contribution in [-0.2, 0) is 6.42 Å². The van der Waals surface area contributed by atoms with E-state index in [2.05, 4.69) is 16.9 Å². The maximum Gasteiger partial charge on any atom is 0.180 e. The fourth-order valence-corrected chi connectivity index (χ4v) is 2.94. The summed E-state index contributed by atoms with van der Waals surface area (Å²) in [5, 5.41) is 0.650. The van der Waals surface area contributed by atoms with Gasteiger partial charge in [0, 0.05) is 11.1 Å². The highest BCUT2D eigenvalue weighted by Gasteiger charge is 2.11. The second-order valence-corrected chi connectivity index (χ2v) is 4.94. The van der Waals surface area contributed by atoms with E-state index in [0.29, 0.717) is 5.13 Å². The first-order chi connectivity index (χ1) is 6.81. The van der Waals surface area contributed by atoms with Crippen molar-refractivity contribution in [3.8, 4) is 10.6 Å². The molecule has 2 aromatic heterocycles. The van der Waals surface area contributed by atoms with Gasteiger partial charge in [0.1, 0.15) is 0 Å². The molecule has 0 saturated heterocycles.